The molecule has 0 fully saturated rings. The summed E-state index contributed by atoms with van der Waals surface area (Å²) in [5.74, 6) is 1.92. The van der Waals surface area contributed by atoms with Crippen molar-refractivity contribution in [2.24, 2.45) is 0 Å². The van der Waals surface area contributed by atoms with Gasteiger partial charge in [-0.05, 0) is 88.3 Å². The van der Waals surface area contributed by atoms with Crippen molar-refractivity contribution in [3.63, 3.8) is 0 Å². The summed E-state index contributed by atoms with van der Waals surface area (Å²) in [6, 6.07) is 50.7. The first-order valence-corrected chi connectivity index (χ1v) is 21.8. The van der Waals surface area contributed by atoms with Gasteiger partial charge in [-0.15, -0.1) is 54.1 Å². The average molecular weight is 1030 g/mol. The van der Waals surface area contributed by atoms with Crippen LogP contribution in [-0.4, -0.2) is 24.5 Å². The molecule has 11 aromatic rings. The molecule has 65 heavy (non-hydrogen) atoms. The average Bonchev–Trinajstić information content (AvgIpc) is 4.01. The number of pyridine rings is 1. The number of imidazole rings is 1. The number of nitrogens with zero attached hydrogens (tertiary/aromatic N) is 5. The zero-order valence-corrected chi connectivity index (χ0v) is 39.7. The number of aryl methyl sites for hydroxylation is 1. The minimum Gasteiger partial charge on any atom is -0.499 e. The first kappa shape index (κ1) is 39.8. The standard InChI is InChI=1S/C43H34N3O2.C14H15N2.Ir/c1-24(2)32-21-28(27-14-7-6-8-15-27)22-33(25(3)4)39(32)46-36-20-10-9-19-35(36)44-42(46)31-18-12-17-30-38-37(47-41(30)31)23-34-29-16-11-13-26(5)40(29)48-43(34)45-38;1-14(2,3)12-9-10-15-13(16-12)11-7-5-4-6-8-11;/h6-17,19-25H,1-5H3;4-7,9-10H,1-3H3;/q2*-1;/i5D3;;. The van der Waals surface area contributed by atoms with Crippen LogP contribution in [0.2, 0.25) is 0 Å². The maximum Gasteiger partial charge on any atom is 0.228 e. The van der Waals surface area contributed by atoms with E-state index in [1.807, 2.05) is 72.9 Å². The molecule has 0 amide bonds. The molecular formula is C57H49IrN5O2-2. The molecule has 0 aliphatic carbocycles. The third kappa shape index (κ3) is 7.96. The van der Waals surface area contributed by atoms with Gasteiger partial charge in [-0.3, -0.25) is 15.0 Å². The minimum atomic E-state index is -2.32. The Balaban J connectivity index is 0.000000289. The number of furan rings is 2. The number of aromatic nitrogens is 5. The van der Waals surface area contributed by atoms with Crippen LogP contribution in [0.1, 0.15) is 86.8 Å². The van der Waals surface area contributed by atoms with Crippen LogP contribution in [-0.2, 0) is 25.5 Å². The maximum atomic E-state index is 8.02. The van der Waals surface area contributed by atoms with Gasteiger partial charge in [-0.1, -0.05) is 115 Å². The predicted molar refractivity (Wildman–Crippen MR) is 261 cm³/mol. The fourth-order valence-corrected chi connectivity index (χ4v) is 8.50. The Morgan fingerprint density at radius 1 is 0.662 bits per heavy atom. The second-order valence-electron chi connectivity index (χ2n) is 17.9. The Labute approximate surface area is 397 Å². The Hall–Kier alpha value is -6.73. The largest absolute Gasteiger partial charge is 0.499 e. The summed E-state index contributed by atoms with van der Waals surface area (Å²) >= 11 is 0. The van der Waals surface area contributed by atoms with Crippen molar-refractivity contribution in [2.75, 3.05) is 0 Å². The number of fused-ring (bicyclic) bond motifs is 7. The van der Waals surface area contributed by atoms with Crippen LogP contribution in [0.5, 0.6) is 0 Å². The van der Waals surface area contributed by atoms with E-state index >= 15 is 0 Å². The molecule has 11 rings (SSSR count). The van der Waals surface area contributed by atoms with Crippen LogP contribution in [0, 0.1) is 19.0 Å². The zero-order chi connectivity index (χ0) is 46.8. The fourth-order valence-electron chi connectivity index (χ4n) is 8.50. The van der Waals surface area contributed by atoms with Crippen LogP contribution in [0.25, 0.3) is 94.8 Å². The van der Waals surface area contributed by atoms with Crippen molar-refractivity contribution in [3.05, 3.63) is 174 Å². The van der Waals surface area contributed by atoms with Crippen LogP contribution in [0.15, 0.2) is 148 Å². The third-order valence-corrected chi connectivity index (χ3v) is 11.8. The fraction of sp³-hybridized carbons (Fsp3) is 0.193. The monoisotopic (exact) mass is 1030 g/mol. The number of para-hydroxylation sites is 3. The van der Waals surface area contributed by atoms with Gasteiger partial charge in [0.25, 0.3) is 0 Å². The molecular weight excluding hydrogens is 979 g/mol. The van der Waals surface area contributed by atoms with Crippen molar-refractivity contribution in [1.29, 1.82) is 0 Å². The number of rotatable bonds is 6. The third-order valence-electron chi connectivity index (χ3n) is 11.8. The minimum absolute atomic E-state index is 0. The second kappa shape index (κ2) is 17.3. The van der Waals surface area contributed by atoms with Gasteiger partial charge < -0.3 is 13.4 Å². The Kier molecular flexibility index (Phi) is 10.6. The van der Waals surface area contributed by atoms with Crippen molar-refractivity contribution in [1.82, 2.24) is 24.5 Å². The molecule has 0 N–H and O–H groups in total. The zero-order valence-electron chi connectivity index (χ0n) is 40.3. The number of benzene rings is 6. The molecule has 1 radical (unpaired) electrons. The van der Waals surface area contributed by atoms with Crippen LogP contribution < -0.4 is 0 Å². The Morgan fingerprint density at radius 3 is 2.14 bits per heavy atom. The summed E-state index contributed by atoms with van der Waals surface area (Å²) in [4.78, 5) is 19.0. The molecule has 7 nitrogen and oxygen atoms in total. The molecule has 5 heterocycles. The topological polar surface area (TPSA) is 82.8 Å². The molecule has 0 atom stereocenters. The quantitative estimate of drug-likeness (QED) is 0.154. The van der Waals surface area contributed by atoms with Gasteiger partial charge in [-0.2, -0.15) is 0 Å². The maximum absolute atomic E-state index is 8.02. The molecule has 6 aromatic carbocycles. The van der Waals surface area contributed by atoms with Gasteiger partial charge in [-0.25, -0.2) is 4.98 Å². The van der Waals surface area contributed by atoms with E-state index in [9.17, 15) is 0 Å². The van der Waals surface area contributed by atoms with Crippen molar-refractivity contribution in [3.8, 4) is 39.6 Å². The number of hydrogen-bond donors (Lipinski definition) is 0. The molecule has 0 bridgehead atoms. The molecule has 0 spiro atoms. The van der Waals surface area contributed by atoms with Crippen LogP contribution in [0.4, 0.5) is 0 Å². The molecule has 5 aromatic heterocycles. The van der Waals surface area contributed by atoms with E-state index in [-0.39, 0.29) is 42.9 Å². The summed E-state index contributed by atoms with van der Waals surface area (Å²) in [7, 11) is 0. The molecule has 0 saturated carbocycles. The Bertz CT molecular complexity index is 3600. The van der Waals surface area contributed by atoms with Gasteiger partial charge >= 0.3 is 0 Å². The van der Waals surface area contributed by atoms with Crippen LogP contribution >= 0.6 is 0 Å². The van der Waals surface area contributed by atoms with E-state index in [0.717, 1.165) is 50.6 Å². The normalized spacial score (nSPS) is 12.7. The van der Waals surface area contributed by atoms with E-state index in [0.29, 0.717) is 38.8 Å². The van der Waals surface area contributed by atoms with Gasteiger partial charge in [0, 0.05) is 52.6 Å². The summed E-state index contributed by atoms with van der Waals surface area (Å²) in [6.07, 6.45) is 1.81. The van der Waals surface area contributed by atoms with Gasteiger partial charge in [0.1, 0.15) is 16.7 Å². The second-order valence-corrected chi connectivity index (χ2v) is 17.9. The summed E-state index contributed by atoms with van der Waals surface area (Å²) in [5, 5.41) is 2.17. The van der Waals surface area contributed by atoms with Gasteiger partial charge in [0.05, 0.1) is 33.7 Å². The van der Waals surface area contributed by atoms with Crippen molar-refractivity contribution < 1.29 is 33.1 Å². The summed E-state index contributed by atoms with van der Waals surface area (Å²) in [5.41, 5.74) is 13.2. The van der Waals surface area contributed by atoms with E-state index < -0.39 is 6.85 Å². The first-order valence-electron chi connectivity index (χ1n) is 23.3. The first-order chi connectivity index (χ1) is 32.2. The summed E-state index contributed by atoms with van der Waals surface area (Å²) < 4.78 is 39.2. The Morgan fingerprint density at radius 2 is 1.42 bits per heavy atom. The van der Waals surface area contributed by atoms with Crippen LogP contribution in [0.3, 0.4) is 0 Å². The SMILES string of the molecule is CC(C)(C)c1ccnc(-c2[c-]cccc2)n1.[2H]C([2H])([2H])c1cccc2c1oc1nc3c(cc12)oc1c(-c2nc4ccccc4n2-c2c(C(C)C)cc(-c4ccccc4)cc2C(C)C)[c-]ccc13.[Ir]. The van der Waals surface area contributed by atoms with E-state index in [1.54, 1.807) is 12.1 Å². The smallest absolute Gasteiger partial charge is 0.228 e. The van der Waals surface area contributed by atoms with Gasteiger partial charge in [0.15, 0.2) is 0 Å². The summed E-state index contributed by atoms with van der Waals surface area (Å²) in [6.45, 7) is 13.1. The molecule has 0 unspecified atom stereocenters. The number of hydrogen-bond acceptors (Lipinski definition) is 6. The van der Waals surface area contributed by atoms with E-state index in [2.05, 4.69) is 130 Å². The molecule has 8 heteroatoms. The van der Waals surface area contributed by atoms with Crippen molar-refractivity contribution in [2.45, 2.75) is 72.6 Å². The van der Waals surface area contributed by atoms with Gasteiger partial charge in [0.2, 0.25) is 5.71 Å². The molecule has 0 aliphatic heterocycles. The van der Waals surface area contributed by atoms with E-state index in [4.69, 9.17) is 22.9 Å². The molecule has 325 valence electrons. The molecule has 0 saturated heterocycles. The molecule has 0 aliphatic rings. The van der Waals surface area contributed by atoms with Crippen molar-refractivity contribution >= 4 is 55.2 Å². The predicted octanol–water partition coefficient (Wildman–Crippen LogP) is 15.1. The van der Waals surface area contributed by atoms with E-state index in [1.165, 1.54) is 22.3 Å².